The fourth-order valence-electron chi connectivity index (χ4n) is 3.48. The molecule has 0 unspecified atom stereocenters. The molecule has 0 aliphatic heterocycles. The largest absolute Gasteiger partial charge is 0.497 e. The number of carbonyl (C=O) groups excluding carboxylic acids is 1. The predicted molar refractivity (Wildman–Crippen MR) is 128 cm³/mol. The summed E-state index contributed by atoms with van der Waals surface area (Å²) in [6, 6.07) is 16.6. The van der Waals surface area contributed by atoms with Crippen molar-refractivity contribution < 1.29 is 24.5 Å². The molecular weight excluding hydrogens is 420 g/mol. The molecule has 0 saturated carbocycles. The van der Waals surface area contributed by atoms with Gasteiger partial charge in [0, 0.05) is 18.7 Å². The Morgan fingerprint density at radius 1 is 1.06 bits per heavy atom. The number of allylic oxidation sites excluding steroid dienone is 1. The Hall–Kier alpha value is -3.16. The molecule has 2 aromatic carbocycles. The number of nitrogens with one attached hydrogen (secondary N) is 2. The maximum Gasteiger partial charge on any atom is 0.331 e. The molecule has 0 aliphatic rings. The molecule has 33 heavy (non-hydrogen) atoms. The molecule has 2 aromatic rings. The van der Waals surface area contributed by atoms with Crippen molar-refractivity contribution in [3.8, 4) is 5.75 Å². The Morgan fingerprint density at radius 2 is 1.76 bits per heavy atom. The van der Waals surface area contributed by atoms with Crippen molar-refractivity contribution >= 4 is 11.9 Å². The van der Waals surface area contributed by atoms with Gasteiger partial charge >= 0.3 is 5.97 Å². The maximum atomic E-state index is 12.6. The Kier molecular flexibility index (Phi) is 10.6. The van der Waals surface area contributed by atoms with Gasteiger partial charge in [-0.2, -0.15) is 0 Å². The minimum atomic E-state index is -1.11. The van der Waals surface area contributed by atoms with Crippen LogP contribution in [0.25, 0.3) is 0 Å². The zero-order chi connectivity index (χ0) is 24.2. The second-order valence-corrected chi connectivity index (χ2v) is 8.33. The van der Waals surface area contributed by atoms with Crippen LogP contribution >= 0.6 is 0 Å². The highest BCUT2D eigenvalue weighted by molar-refractivity contribution is 5.94. The fraction of sp³-hybridized carbons (Fsp3) is 0.385. The second kappa shape index (κ2) is 13.4. The number of ether oxygens (including phenoxy) is 1. The van der Waals surface area contributed by atoms with Crippen LogP contribution in [0.5, 0.6) is 5.75 Å². The van der Waals surface area contributed by atoms with Crippen LogP contribution < -0.4 is 15.4 Å². The van der Waals surface area contributed by atoms with Crippen molar-refractivity contribution in [2.75, 3.05) is 13.7 Å². The maximum absolute atomic E-state index is 12.6. The Balaban J connectivity index is 2.04. The highest BCUT2D eigenvalue weighted by Crippen LogP contribution is 2.13. The van der Waals surface area contributed by atoms with Crippen molar-refractivity contribution in [1.29, 1.82) is 0 Å². The lowest BCUT2D eigenvalue weighted by atomic mass is 10.00. The van der Waals surface area contributed by atoms with Crippen molar-refractivity contribution in [2.24, 2.45) is 5.92 Å². The molecular formula is C26H34N2O5. The molecule has 0 spiro atoms. The van der Waals surface area contributed by atoms with Crippen LogP contribution in [0.4, 0.5) is 0 Å². The zero-order valence-corrected chi connectivity index (χ0v) is 19.5. The summed E-state index contributed by atoms with van der Waals surface area (Å²) in [5.41, 5.74) is 2.02. The lowest BCUT2D eigenvalue weighted by Crippen LogP contribution is -2.48. The van der Waals surface area contributed by atoms with E-state index in [2.05, 4.69) is 10.6 Å². The van der Waals surface area contributed by atoms with E-state index in [-0.39, 0.29) is 24.5 Å². The van der Waals surface area contributed by atoms with Crippen LogP contribution in [0.2, 0.25) is 0 Å². The fourth-order valence-corrected chi connectivity index (χ4v) is 3.48. The normalized spacial score (nSPS) is 13.4. The molecule has 2 rings (SSSR count). The van der Waals surface area contributed by atoms with E-state index in [1.807, 2.05) is 68.4 Å². The summed E-state index contributed by atoms with van der Waals surface area (Å²) in [7, 11) is 1.61. The first kappa shape index (κ1) is 26.1. The summed E-state index contributed by atoms with van der Waals surface area (Å²) in [4.78, 5) is 24.1. The van der Waals surface area contributed by atoms with Crippen LogP contribution in [-0.4, -0.2) is 47.9 Å². The molecule has 0 saturated heterocycles. The molecule has 7 heteroatoms. The van der Waals surface area contributed by atoms with Gasteiger partial charge in [0.1, 0.15) is 5.75 Å². The number of benzene rings is 2. The monoisotopic (exact) mass is 454 g/mol. The molecule has 1 amide bonds. The average molecular weight is 455 g/mol. The van der Waals surface area contributed by atoms with E-state index in [1.165, 1.54) is 0 Å². The molecule has 0 fully saturated rings. The second-order valence-electron chi connectivity index (χ2n) is 8.33. The topological polar surface area (TPSA) is 108 Å². The molecule has 0 radical (unpaired) electrons. The molecule has 0 bridgehead atoms. The van der Waals surface area contributed by atoms with E-state index >= 15 is 0 Å². The van der Waals surface area contributed by atoms with Crippen molar-refractivity contribution in [3.63, 3.8) is 0 Å². The summed E-state index contributed by atoms with van der Waals surface area (Å²) >= 11 is 0. The van der Waals surface area contributed by atoms with Crippen molar-refractivity contribution in [3.05, 3.63) is 77.4 Å². The minimum absolute atomic E-state index is 0.00965. The molecule has 4 N–H and O–H groups in total. The molecule has 0 heterocycles. The Labute approximate surface area is 195 Å². The lowest BCUT2D eigenvalue weighted by molar-refractivity contribution is -0.134. The van der Waals surface area contributed by atoms with Crippen LogP contribution in [0.15, 0.2) is 66.2 Å². The van der Waals surface area contributed by atoms with Gasteiger partial charge in [0.25, 0.3) is 0 Å². The van der Waals surface area contributed by atoms with Crippen LogP contribution in [0.1, 0.15) is 31.4 Å². The zero-order valence-electron chi connectivity index (χ0n) is 19.5. The number of carboxylic acid groups (broad SMARTS) is 1. The van der Waals surface area contributed by atoms with E-state index in [4.69, 9.17) is 4.74 Å². The molecule has 0 aliphatic carbocycles. The summed E-state index contributed by atoms with van der Waals surface area (Å²) in [5, 5.41) is 26.3. The number of carboxylic acids is 1. The van der Waals surface area contributed by atoms with Gasteiger partial charge in [0.15, 0.2) is 0 Å². The van der Waals surface area contributed by atoms with Gasteiger partial charge in [-0.25, -0.2) is 4.79 Å². The highest BCUT2D eigenvalue weighted by Gasteiger charge is 2.23. The summed E-state index contributed by atoms with van der Waals surface area (Å²) in [6.07, 6.45) is 0.871. The minimum Gasteiger partial charge on any atom is -0.497 e. The number of carbonyl (C=O) groups is 2. The quantitative estimate of drug-likeness (QED) is 0.347. The number of hydrogen-bond acceptors (Lipinski definition) is 5. The Bertz CT molecular complexity index is 927. The lowest BCUT2D eigenvalue weighted by Gasteiger charge is -2.25. The number of aliphatic hydroxyl groups excluding tert-OH is 1. The van der Waals surface area contributed by atoms with Crippen LogP contribution in [-0.2, 0) is 22.6 Å². The van der Waals surface area contributed by atoms with Gasteiger partial charge in [-0.15, -0.1) is 0 Å². The SMILES string of the molecule is COc1cccc(CNC[C@@H](O)[C@H](Cc2ccccc2)NC(=O)C/C(=C\C(C)C)C(=O)O)c1. The smallest absolute Gasteiger partial charge is 0.331 e. The van der Waals surface area contributed by atoms with Gasteiger partial charge in [-0.1, -0.05) is 62.4 Å². The van der Waals surface area contributed by atoms with Crippen LogP contribution in [0.3, 0.4) is 0 Å². The van der Waals surface area contributed by atoms with Crippen molar-refractivity contribution in [1.82, 2.24) is 10.6 Å². The molecule has 0 aromatic heterocycles. The van der Waals surface area contributed by atoms with Gasteiger partial charge in [-0.05, 0) is 35.6 Å². The highest BCUT2D eigenvalue weighted by atomic mass is 16.5. The average Bonchev–Trinajstić information content (AvgIpc) is 2.78. The summed E-state index contributed by atoms with van der Waals surface area (Å²) in [5.74, 6) is -0.779. The van der Waals surface area contributed by atoms with Gasteiger partial charge in [0.05, 0.1) is 25.7 Å². The number of methoxy groups -OCH3 is 1. The molecule has 2 atom stereocenters. The third kappa shape index (κ3) is 9.47. The third-order valence-corrected chi connectivity index (χ3v) is 5.09. The first-order valence-corrected chi connectivity index (χ1v) is 11.1. The first-order chi connectivity index (χ1) is 15.8. The summed E-state index contributed by atoms with van der Waals surface area (Å²) in [6.45, 7) is 4.50. The Morgan fingerprint density at radius 3 is 2.39 bits per heavy atom. The molecule has 7 nitrogen and oxygen atoms in total. The number of rotatable bonds is 13. The first-order valence-electron chi connectivity index (χ1n) is 11.1. The predicted octanol–water partition coefficient (Wildman–Crippen LogP) is 2.93. The number of aliphatic hydroxyl groups is 1. The standard InChI is InChI=1S/C26H34N2O5/c1-18(2)12-21(26(31)32)15-25(30)28-23(14-19-8-5-4-6-9-19)24(29)17-27-16-20-10-7-11-22(13-20)33-3/h4-13,18,23-24,27,29H,14-17H2,1-3H3,(H,28,30)(H,31,32)/b21-12+/t23-,24+/m0/s1. The van der Waals surface area contributed by atoms with Crippen LogP contribution in [0, 0.1) is 5.92 Å². The number of amides is 1. The van der Waals surface area contributed by atoms with E-state index in [0.717, 1.165) is 16.9 Å². The van der Waals surface area contributed by atoms with E-state index < -0.39 is 24.0 Å². The third-order valence-electron chi connectivity index (χ3n) is 5.09. The van der Waals surface area contributed by atoms with E-state index in [1.54, 1.807) is 13.2 Å². The van der Waals surface area contributed by atoms with E-state index in [0.29, 0.717) is 13.0 Å². The number of hydrogen-bond donors (Lipinski definition) is 4. The van der Waals surface area contributed by atoms with Gasteiger partial charge < -0.3 is 25.6 Å². The summed E-state index contributed by atoms with van der Waals surface area (Å²) < 4.78 is 5.23. The van der Waals surface area contributed by atoms with Gasteiger partial charge in [-0.3, -0.25) is 4.79 Å². The van der Waals surface area contributed by atoms with E-state index in [9.17, 15) is 19.8 Å². The van der Waals surface area contributed by atoms with Crippen molar-refractivity contribution in [2.45, 2.75) is 45.4 Å². The number of aliphatic carboxylic acids is 1. The van der Waals surface area contributed by atoms with Gasteiger partial charge in [0.2, 0.25) is 5.91 Å². The molecule has 178 valence electrons.